The number of carboxylic acid groups (broad SMARTS) is 1. The van der Waals surface area contributed by atoms with Crippen LogP contribution in [-0.4, -0.2) is 16.7 Å². The monoisotopic (exact) mass is 386 g/mol. The number of fused-ring (bicyclic) bond motifs is 1. The molecule has 0 unspecified atom stereocenters. The van der Waals surface area contributed by atoms with E-state index < -0.39 is 11.6 Å². The summed E-state index contributed by atoms with van der Waals surface area (Å²) in [4.78, 5) is 23.7. The first-order valence-electron chi connectivity index (χ1n) is 8.36. The highest BCUT2D eigenvalue weighted by molar-refractivity contribution is 6.31. The van der Waals surface area contributed by atoms with Crippen LogP contribution in [0.3, 0.4) is 0 Å². The zero-order valence-electron chi connectivity index (χ0n) is 15.4. The summed E-state index contributed by atoms with van der Waals surface area (Å²) in [5.41, 5.74) is 1.08. The Hall–Kier alpha value is -2.79. The molecule has 140 valence electrons. The zero-order valence-corrected chi connectivity index (χ0v) is 16.2. The minimum atomic E-state index is -1.36. The molecule has 27 heavy (non-hydrogen) atoms. The molecule has 0 bridgehead atoms. The van der Waals surface area contributed by atoms with Gasteiger partial charge in [-0.25, -0.2) is 4.79 Å². The molecule has 0 atom stereocenters. The van der Waals surface area contributed by atoms with Gasteiger partial charge in [-0.2, -0.15) is 0 Å². The Kier molecular flexibility index (Phi) is 4.74. The second-order valence-corrected chi connectivity index (χ2v) is 7.41. The van der Waals surface area contributed by atoms with Gasteiger partial charge in [0.1, 0.15) is 17.1 Å². The van der Waals surface area contributed by atoms with Crippen LogP contribution in [0.4, 0.5) is 0 Å². The van der Waals surface area contributed by atoms with Crippen LogP contribution in [0.1, 0.15) is 25.0 Å². The maximum Gasteiger partial charge on any atom is 0.347 e. The van der Waals surface area contributed by atoms with Gasteiger partial charge in [-0.3, -0.25) is 4.79 Å². The molecule has 0 saturated carbocycles. The minimum Gasteiger partial charge on any atom is -0.478 e. The minimum absolute atomic E-state index is 0.162. The van der Waals surface area contributed by atoms with Crippen molar-refractivity contribution in [3.63, 3.8) is 0 Å². The Balaban J connectivity index is 2.10. The maximum absolute atomic E-state index is 12.4. The van der Waals surface area contributed by atoms with E-state index in [1.54, 1.807) is 30.3 Å². The summed E-state index contributed by atoms with van der Waals surface area (Å²) in [5.74, 6) is -0.148. The predicted molar refractivity (Wildman–Crippen MR) is 105 cm³/mol. The molecule has 3 aromatic rings. The lowest BCUT2D eigenvalue weighted by Gasteiger charge is -2.24. The lowest BCUT2D eigenvalue weighted by Crippen LogP contribution is -2.38. The zero-order chi connectivity index (χ0) is 19.9. The van der Waals surface area contributed by atoms with E-state index in [-0.39, 0.29) is 5.43 Å². The molecule has 1 heterocycles. The maximum atomic E-state index is 12.4. The number of carbonyl (C=O) groups is 1. The highest BCUT2D eigenvalue weighted by atomic mass is 35.5. The lowest BCUT2D eigenvalue weighted by molar-refractivity contribution is -0.152. The van der Waals surface area contributed by atoms with Gasteiger partial charge in [0, 0.05) is 22.7 Å². The van der Waals surface area contributed by atoms with Crippen LogP contribution in [0, 0.1) is 13.8 Å². The molecule has 0 spiro atoms. The first-order valence-corrected chi connectivity index (χ1v) is 8.74. The predicted octanol–water partition coefficient (Wildman–Crippen LogP) is 4.97. The number of hydrogen-bond acceptors (Lipinski definition) is 4. The van der Waals surface area contributed by atoms with Crippen molar-refractivity contribution >= 4 is 28.5 Å². The second-order valence-electron chi connectivity index (χ2n) is 6.97. The Bertz CT molecular complexity index is 1090. The Morgan fingerprint density at radius 3 is 2.33 bits per heavy atom. The number of rotatable bonds is 4. The van der Waals surface area contributed by atoms with Gasteiger partial charge in [0.2, 0.25) is 0 Å². The van der Waals surface area contributed by atoms with Crippen LogP contribution >= 0.6 is 11.6 Å². The molecule has 2 aromatic carbocycles. The van der Waals surface area contributed by atoms with Gasteiger partial charge < -0.3 is 14.3 Å². The summed E-state index contributed by atoms with van der Waals surface area (Å²) in [5, 5.41) is 10.2. The molecule has 1 N–H and O–H groups in total. The van der Waals surface area contributed by atoms with Crippen molar-refractivity contribution in [2.75, 3.05) is 0 Å². The smallest absolute Gasteiger partial charge is 0.347 e. The third-order valence-electron chi connectivity index (χ3n) is 4.31. The molecule has 3 rings (SSSR count). The Morgan fingerprint density at radius 1 is 1.11 bits per heavy atom. The van der Waals surface area contributed by atoms with Crippen LogP contribution < -0.4 is 10.2 Å². The molecule has 1 aromatic heterocycles. The number of carboxylic acids is 1. The van der Waals surface area contributed by atoms with Crippen LogP contribution in [0.2, 0.25) is 5.02 Å². The van der Waals surface area contributed by atoms with Gasteiger partial charge in [-0.15, -0.1) is 0 Å². The quantitative estimate of drug-likeness (QED) is 0.684. The van der Waals surface area contributed by atoms with Gasteiger partial charge in [0.25, 0.3) is 0 Å². The first-order chi connectivity index (χ1) is 12.6. The Labute approximate surface area is 161 Å². The highest BCUT2D eigenvalue weighted by Crippen LogP contribution is 2.33. The van der Waals surface area contributed by atoms with Crippen molar-refractivity contribution in [1.82, 2.24) is 0 Å². The Morgan fingerprint density at radius 2 is 1.74 bits per heavy atom. The molecular formula is C21H19ClO5. The molecule has 0 amide bonds. The summed E-state index contributed by atoms with van der Waals surface area (Å²) >= 11 is 6.00. The highest BCUT2D eigenvalue weighted by Gasteiger charge is 2.30. The van der Waals surface area contributed by atoms with E-state index in [1.165, 1.54) is 19.9 Å². The fourth-order valence-corrected chi connectivity index (χ4v) is 2.99. The van der Waals surface area contributed by atoms with E-state index in [0.29, 0.717) is 33.1 Å². The molecule has 0 radical (unpaired) electrons. The van der Waals surface area contributed by atoms with Crippen LogP contribution in [0.25, 0.3) is 22.3 Å². The van der Waals surface area contributed by atoms with Crippen molar-refractivity contribution in [2.24, 2.45) is 0 Å². The normalized spacial score (nSPS) is 11.6. The van der Waals surface area contributed by atoms with Gasteiger partial charge in [0.05, 0.1) is 5.39 Å². The third-order valence-corrected chi connectivity index (χ3v) is 4.54. The van der Waals surface area contributed by atoms with Crippen molar-refractivity contribution in [2.45, 2.75) is 33.3 Å². The molecule has 5 nitrogen and oxygen atoms in total. The SMILES string of the molecule is Cc1cc(-c2cc(=O)c3ccc(Cl)cc3o2)cc(C)c1OC(C)(C)C(=O)O. The number of hydrogen-bond donors (Lipinski definition) is 1. The van der Waals surface area contributed by atoms with Gasteiger partial charge in [-0.05, 0) is 63.1 Å². The van der Waals surface area contributed by atoms with Crippen LogP contribution in [0.15, 0.2) is 45.6 Å². The third kappa shape index (κ3) is 3.69. The summed E-state index contributed by atoms with van der Waals surface area (Å²) < 4.78 is 11.6. The van der Waals surface area contributed by atoms with E-state index in [2.05, 4.69) is 0 Å². The fourth-order valence-electron chi connectivity index (χ4n) is 2.82. The number of aryl methyl sites for hydroxylation is 2. The van der Waals surface area contributed by atoms with E-state index in [9.17, 15) is 14.7 Å². The molecule has 6 heteroatoms. The molecule has 0 saturated heterocycles. The molecule has 0 aliphatic rings. The van der Waals surface area contributed by atoms with E-state index in [4.69, 9.17) is 20.8 Å². The second kappa shape index (κ2) is 6.74. The van der Waals surface area contributed by atoms with Crippen molar-refractivity contribution in [1.29, 1.82) is 0 Å². The molecule has 0 fully saturated rings. The summed E-state index contributed by atoms with van der Waals surface area (Å²) in [6.07, 6.45) is 0. The number of halogens is 1. The lowest BCUT2D eigenvalue weighted by atomic mass is 10.0. The van der Waals surface area contributed by atoms with E-state index >= 15 is 0 Å². The average Bonchev–Trinajstić information content (AvgIpc) is 2.57. The standard InChI is InChI=1S/C21H19ClO5/c1-11-7-13(8-12(2)19(11)27-21(3,4)20(24)25)17-10-16(23)15-6-5-14(22)9-18(15)26-17/h5-10H,1-4H3,(H,24,25). The topological polar surface area (TPSA) is 76.7 Å². The van der Waals surface area contributed by atoms with Gasteiger partial charge >= 0.3 is 5.97 Å². The summed E-state index contributed by atoms with van der Waals surface area (Å²) in [6, 6.07) is 9.92. The number of ether oxygens (including phenoxy) is 1. The van der Waals surface area contributed by atoms with Crippen molar-refractivity contribution < 1.29 is 19.1 Å². The molecule has 0 aliphatic carbocycles. The van der Waals surface area contributed by atoms with Crippen molar-refractivity contribution in [3.8, 4) is 17.1 Å². The fraction of sp³-hybridized carbons (Fsp3) is 0.238. The van der Waals surface area contributed by atoms with Crippen LogP contribution in [0.5, 0.6) is 5.75 Å². The molecule has 0 aliphatic heterocycles. The first kappa shape index (κ1) is 19.0. The van der Waals surface area contributed by atoms with Crippen molar-refractivity contribution in [3.05, 3.63) is 62.8 Å². The number of aliphatic carboxylic acids is 1. The van der Waals surface area contributed by atoms with Crippen LogP contribution in [-0.2, 0) is 4.79 Å². The van der Waals surface area contributed by atoms with E-state index in [0.717, 1.165) is 11.1 Å². The van der Waals surface area contributed by atoms with Gasteiger partial charge in [0.15, 0.2) is 11.0 Å². The largest absolute Gasteiger partial charge is 0.478 e. The van der Waals surface area contributed by atoms with Gasteiger partial charge in [-0.1, -0.05) is 11.6 Å². The molecular weight excluding hydrogens is 368 g/mol. The number of benzene rings is 2. The summed E-state index contributed by atoms with van der Waals surface area (Å²) in [6.45, 7) is 6.63. The average molecular weight is 387 g/mol. The summed E-state index contributed by atoms with van der Waals surface area (Å²) in [7, 11) is 0. The van der Waals surface area contributed by atoms with E-state index in [1.807, 2.05) is 13.8 Å².